The summed E-state index contributed by atoms with van der Waals surface area (Å²) < 4.78 is 26.7. The maximum atomic E-state index is 12.6. The van der Waals surface area contributed by atoms with Crippen LogP contribution in [0.15, 0.2) is 41.8 Å². The Morgan fingerprint density at radius 3 is 2.77 bits per heavy atom. The van der Waals surface area contributed by atoms with Gasteiger partial charge in [-0.15, -0.1) is 6.58 Å². The molecule has 0 bridgehead atoms. The van der Waals surface area contributed by atoms with Crippen molar-refractivity contribution < 1.29 is 23.1 Å². The summed E-state index contributed by atoms with van der Waals surface area (Å²) in [6, 6.07) is 5.66. The van der Waals surface area contributed by atoms with Crippen molar-refractivity contribution >= 4 is 21.9 Å². The first-order valence-corrected chi connectivity index (χ1v) is 9.94. The zero-order chi connectivity index (χ0) is 19.4. The van der Waals surface area contributed by atoms with Crippen molar-refractivity contribution in [2.45, 2.75) is 43.0 Å². The van der Waals surface area contributed by atoms with Crippen LogP contribution >= 0.6 is 0 Å². The molecule has 26 heavy (non-hydrogen) atoms. The highest BCUT2D eigenvalue weighted by Gasteiger charge is 2.42. The van der Waals surface area contributed by atoms with Crippen molar-refractivity contribution in [2.75, 3.05) is 6.54 Å². The van der Waals surface area contributed by atoms with Crippen LogP contribution in [0.4, 0.5) is 0 Å². The number of benzene rings is 1. The number of nitrogens with one attached hydrogen (secondary N) is 2. The van der Waals surface area contributed by atoms with Gasteiger partial charge in [0.1, 0.15) is 0 Å². The van der Waals surface area contributed by atoms with Crippen molar-refractivity contribution in [1.29, 1.82) is 0 Å². The molecule has 2 rings (SSSR count). The molecule has 0 saturated heterocycles. The minimum Gasteiger partial charge on any atom is -0.481 e. The molecular formula is C18H24N2O5S. The Bertz CT molecular complexity index is 806. The number of carboxylic acids is 1. The Balaban J connectivity index is 2.23. The average Bonchev–Trinajstić information content (AvgIpc) is 2.60. The lowest BCUT2D eigenvalue weighted by Crippen LogP contribution is -2.55. The predicted octanol–water partition coefficient (Wildman–Crippen LogP) is 1.91. The second kappa shape index (κ2) is 8.01. The molecule has 1 amide bonds. The van der Waals surface area contributed by atoms with Crippen LogP contribution in [0.25, 0.3) is 0 Å². The van der Waals surface area contributed by atoms with E-state index in [4.69, 9.17) is 0 Å². The van der Waals surface area contributed by atoms with Gasteiger partial charge in [-0.05, 0) is 38.0 Å². The van der Waals surface area contributed by atoms with E-state index >= 15 is 0 Å². The number of carbonyl (C=O) groups is 2. The summed E-state index contributed by atoms with van der Waals surface area (Å²) in [6.07, 6.45) is 4.14. The molecule has 0 heterocycles. The minimum absolute atomic E-state index is 0.0319. The SMILES string of the molecule is C=CCNS(=O)(=O)c1cccc(C(=O)NC2(C)CCCCC2C(=O)O)c1. The van der Waals surface area contributed by atoms with Crippen molar-refractivity contribution in [3.63, 3.8) is 0 Å². The van der Waals surface area contributed by atoms with Gasteiger partial charge in [0.25, 0.3) is 5.91 Å². The molecule has 8 heteroatoms. The highest BCUT2D eigenvalue weighted by Crippen LogP contribution is 2.34. The monoisotopic (exact) mass is 380 g/mol. The Morgan fingerprint density at radius 2 is 2.12 bits per heavy atom. The van der Waals surface area contributed by atoms with E-state index in [9.17, 15) is 23.1 Å². The van der Waals surface area contributed by atoms with Crippen LogP contribution in [0, 0.1) is 5.92 Å². The summed E-state index contributed by atoms with van der Waals surface area (Å²) in [5, 5.41) is 12.3. The van der Waals surface area contributed by atoms with Gasteiger partial charge in [0.15, 0.2) is 0 Å². The third-order valence-corrected chi connectivity index (χ3v) is 6.15. The van der Waals surface area contributed by atoms with Crippen LogP contribution in [-0.4, -0.2) is 37.5 Å². The van der Waals surface area contributed by atoms with Gasteiger partial charge < -0.3 is 10.4 Å². The Labute approximate surface area is 153 Å². The lowest BCUT2D eigenvalue weighted by Gasteiger charge is -2.39. The molecule has 0 aliphatic heterocycles. The third kappa shape index (κ3) is 4.50. The molecule has 3 N–H and O–H groups in total. The normalized spacial score (nSPS) is 23.2. The summed E-state index contributed by atoms with van der Waals surface area (Å²) in [5.74, 6) is -2.08. The fourth-order valence-corrected chi connectivity index (χ4v) is 4.31. The summed E-state index contributed by atoms with van der Waals surface area (Å²) in [5.41, 5.74) is -0.695. The minimum atomic E-state index is -3.75. The van der Waals surface area contributed by atoms with Gasteiger partial charge in [0.2, 0.25) is 10.0 Å². The van der Waals surface area contributed by atoms with Crippen LogP contribution in [0.3, 0.4) is 0 Å². The van der Waals surface area contributed by atoms with E-state index in [2.05, 4.69) is 16.6 Å². The fourth-order valence-electron chi connectivity index (χ4n) is 3.27. The van der Waals surface area contributed by atoms with Gasteiger partial charge in [0.05, 0.1) is 16.4 Å². The highest BCUT2D eigenvalue weighted by atomic mass is 32.2. The van der Waals surface area contributed by atoms with E-state index in [-0.39, 0.29) is 17.0 Å². The second-order valence-electron chi connectivity index (χ2n) is 6.68. The van der Waals surface area contributed by atoms with Crippen molar-refractivity contribution in [3.8, 4) is 0 Å². The second-order valence-corrected chi connectivity index (χ2v) is 8.44. The molecule has 1 aliphatic carbocycles. The molecule has 1 aromatic carbocycles. The Kier molecular flexibility index (Phi) is 6.20. The van der Waals surface area contributed by atoms with Crippen molar-refractivity contribution in [3.05, 3.63) is 42.5 Å². The van der Waals surface area contributed by atoms with E-state index in [0.717, 1.165) is 12.8 Å². The standard InChI is InChI=1S/C18H24N2O5S/c1-3-11-19-26(24,25)14-8-6-7-13(12-14)16(21)20-18(2)10-5-4-9-15(18)17(22)23/h3,6-8,12,15,19H,1,4-5,9-11H2,2H3,(H,20,21)(H,22,23). The molecule has 0 aromatic heterocycles. The van der Waals surface area contributed by atoms with Crippen LogP contribution in [-0.2, 0) is 14.8 Å². The number of carbonyl (C=O) groups excluding carboxylic acids is 1. The van der Waals surface area contributed by atoms with E-state index in [1.807, 2.05) is 0 Å². The fraction of sp³-hybridized carbons (Fsp3) is 0.444. The van der Waals surface area contributed by atoms with E-state index in [1.54, 1.807) is 6.92 Å². The van der Waals surface area contributed by atoms with E-state index in [1.165, 1.54) is 30.3 Å². The smallest absolute Gasteiger partial charge is 0.308 e. The molecule has 0 spiro atoms. The summed E-state index contributed by atoms with van der Waals surface area (Å²) >= 11 is 0. The predicted molar refractivity (Wildman–Crippen MR) is 97.3 cm³/mol. The van der Waals surface area contributed by atoms with E-state index < -0.39 is 33.4 Å². The number of amides is 1. The van der Waals surface area contributed by atoms with Gasteiger partial charge >= 0.3 is 5.97 Å². The van der Waals surface area contributed by atoms with Crippen LogP contribution in [0.1, 0.15) is 43.0 Å². The molecule has 7 nitrogen and oxygen atoms in total. The van der Waals surface area contributed by atoms with Crippen molar-refractivity contribution in [1.82, 2.24) is 10.0 Å². The third-order valence-electron chi connectivity index (χ3n) is 4.73. The van der Waals surface area contributed by atoms with Gasteiger partial charge in [-0.3, -0.25) is 9.59 Å². The number of aliphatic carboxylic acids is 1. The maximum absolute atomic E-state index is 12.6. The van der Waals surface area contributed by atoms with E-state index in [0.29, 0.717) is 12.8 Å². The Morgan fingerprint density at radius 1 is 1.38 bits per heavy atom. The average molecular weight is 380 g/mol. The molecular weight excluding hydrogens is 356 g/mol. The first-order valence-electron chi connectivity index (χ1n) is 8.45. The number of sulfonamides is 1. The largest absolute Gasteiger partial charge is 0.481 e. The number of carboxylic acid groups (broad SMARTS) is 1. The van der Waals surface area contributed by atoms with Crippen LogP contribution in [0.5, 0.6) is 0 Å². The number of hydrogen-bond acceptors (Lipinski definition) is 4. The summed E-state index contributed by atoms with van der Waals surface area (Å²) in [4.78, 5) is 24.1. The van der Waals surface area contributed by atoms with Gasteiger partial charge in [-0.2, -0.15) is 0 Å². The molecule has 2 atom stereocenters. The molecule has 142 valence electrons. The lowest BCUT2D eigenvalue weighted by atomic mass is 9.73. The Hall–Kier alpha value is -2.19. The zero-order valence-electron chi connectivity index (χ0n) is 14.7. The summed E-state index contributed by atoms with van der Waals surface area (Å²) in [7, 11) is -3.75. The molecule has 2 unspecified atom stereocenters. The van der Waals surface area contributed by atoms with Gasteiger partial charge in [0, 0.05) is 12.1 Å². The lowest BCUT2D eigenvalue weighted by molar-refractivity contribution is -0.145. The van der Waals surface area contributed by atoms with Crippen LogP contribution in [0.2, 0.25) is 0 Å². The highest BCUT2D eigenvalue weighted by molar-refractivity contribution is 7.89. The maximum Gasteiger partial charge on any atom is 0.308 e. The topological polar surface area (TPSA) is 113 Å². The van der Waals surface area contributed by atoms with Gasteiger partial charge in [-0.25, -0.2) is 13.1 Å². The zero-order valence-corrected chi connectivity index (χ0v) is 15.5. The number of rotatable bonds is 7. The summed E-state index contributed by atoms with van der Waals surface area (Å²) in [6.45, 7) is 5.27. The molecule has 1 aliphatic rings. The van der Waals surface area contributed by atoms with Crippen molar-refractivity contribution in [2.24, 2.45) is 5.92 Å². The molecule has 1 fully saturated rings. The first kappa shape index (κ1) is 20.1. The molecule has 0 radical (unpaired) electrons. The van der Waals surface area contributed by atoms with Gasteiger partial charge in [-0.1, -0.05) is 25.0 Å². The molecule has 1 saturated carbocycles. The first-order chi connectivity index (χ1) is 12.2. The van der Waals surface area contributed by atoms with Crippen LogP contribution < -0.4 is 10.0 Å². The number of hydrogen-bond donors (Lipinski definition) is 3. The molecule has 1 aromatic rings. The quantitative estimate of drug-likeness (QED) is 0.626.